The highest BCUT2D eigenvalue weighted by atomic mass is 16.2. The first-order valence-electron chi connectivity index (χ1n) is 5.59. The molecule has 4 heteroatoms. The molecule has 1 fully saturated rings. The Kier molecular flexibility index (Phi) is 4.59. The lowest BCUT2D eigenvalue weighted by molar-refractivity contribution is -0.134. The average molecular weight is 212 g/mol. The van der Waals surface area contributed by atoms with Gasteiger partial charge in [-0.2, -0.15) is 0 Å². The summed E-state index contributed by atoms with van der Waals surface area (Å²) < 4.78 is 0. The van der Waals surface area contributed by atoms with E-state index in [9.17, 15) is 9.59 Å². The number of hydrogen-bond acceptors (Lipinski definition) is 2. The summed E-state index contributed by atoms with van der Waals surface area (Å²) in [5.41, 5.74) is 0. The first kappa shape index (κ1) is 12.0. The van der Waals surface area contributed by atoms with Gasteiger partial charge in [-0.1, -0.05) is 0 Å². The Balaban J connectivity index is 2.19. The van der Waals surface area contributed by atoms with Crippen LogP contribution in [0.4, 0.5) is 0 Å². The minimum absolute atomic E-state index is 0.138. The van der Waals surface area contributed by atoms with Gasteiger partial charge in [-0.15, -0.1) is 0 Å². The third-order valence-electron chi connectivity index (χ3n) is 2.74. The highest BCUT2D eigenvalue weighted by Crippen LogP contribution is 2.11. The molecule has 86 valence electrons. The predicted octanol–water partition coefficient (Wildman–Crippen LogP) is 0.867. The van der Waals surface area contributed by atoms with Crippen molar-refractivity contribution in [1.82, 2.24) is 9.80 Å². The summed E-state index contributed by atoms with van der Waals surface area (Å²) in [6.45, 7) is 1.60. The van der Waals surface area contributed by atoms with E-state index < -0.39 is 0 Å². The van der Waals surface area contributed by atoms with E-state index in [1.165, 1.54) is 0 Å². The number of piperidine rings is 1. The molecule has 0 aliphatic carbocycles. The SMILES string of the molecule is CN(C)C(=O)CCCN1CCCCC1=O. The average Bonchev–Trinajstić information content (AvgIpc) is 2.20. The van der Waals surface area contributed by atoms with E-state index in [1.807, 2.05) is 4.90 Å². The molecule has 4 nitrogen and oxygen atoms in total. The quantitative estimate of drug-likeness (QED) is 0.693. The molecule has 1 aliphatic rings. The molecule has 1 rings (SSSR count). The van der Waals surface area contributed by atoms with Gasteiger partial charge in [-0.05, 0) is 19.3 Å². The second-order valence-electron chi connectivity index (χ2n) is 4.23. The Morgan fingerprint density at radius 3 is 2.73 bits per heavy atom. The van der Waals surface area contributed by atoms with Gasteiger partial charge >= 0.3 is 0 Å². The van der Waals surface area contributed by atoms with Crippen molar-refractivity contribution in [2.45, 2.75) is 32.1 Å². The van der Waals surface area contributed by atoms with Crippen molar-refractivity contribution in [2.24, 2.45) is 0 Å². The lowest BCUT2D eigenvalue weighted by Gasteiger charge is -2.26. The van der Waals surface area contributed by atoms with Gasteiger partial charge in [0.05, 0.1) is 0 Å². The van der Waals surface area contributed by atoms with Crippen LogP contribution in [0.15, 0.2) is 0 Å². The van der Waals surface area contributed by atoms with Gasteiger partial charge in [-0.25, -0.2) is 0 Å². The second kappa shape index (κ2) is 5.73. The molecular formula is C11H20N2O2. The van der Waals surface area contributed by atoms with Gasteiger partial charge in [0, 0.05) is 40.0 Å². The van der Waals surface area contributed by atoms with Crippen LogP contribution in [0, 0.1) is 0 Å². The van der Waals surface area contributed by atoms with E-state index >= 15 is 0 Å². The van der Waals surface area contributed by atoms with Crippen LogP contribution < -0.4 is 0 Å². The van der Waals surface area contributed by atoms with E-state index in [1.54, 1.807) is 19.0 Å². The van der Waals surface area contributed by atoms with Gasteiger partial charge in [0.1, 0.15) is 0 Å². The van der Waals surface area contributed by atoms with Crippen LogP contribution in [0.2, 0.25) is 0 Å². The van der Waals surface area contributed by atoms with Crippen LogP contribution in [0.5, 0.6) is 0 Å². The Morgan fingerprint density at radius 1 is 1.40 bits per heavy atom. The summed E-state index contributed by atoms with van der Waals surface area (Å²) in [5, 5.41) is 0. The first-order valence-corrected chi connectivity index (χ1v) is 5.59. The molecular weight excluding hydrogens is 192 g/mol. The molecule has 0 aromatic heterocycles. The standard InChI is InChI=1S/C11H20N2O2/c1-12(2)10(14)7-5-9-13-8-4-3-6-11(13)15/h3-9H2,1-2H3. The molecule has 15 heavy (non-hydrogen) atoms. The maximum Gasteiger partial charge on any atom is 0.222 e. The number of rotatable bonds is 4. The highest BCUT2D eigenvalue weighted by molar-refractivity contribution is 5.77. The summed E-state index contributed by atoms with van der Waals surface area (Å²) in [4.78, 5) is 26.2. The molecule has 1 saturated heterocycles. The highest BCUT2D eigenvalue weighted by Gasteiger charge is 2.17. The smallest absolute Gasteiger partial charge is 0.222 e. The van der Waals surface area contributed by atoms with E-state index in [0.717, 1.165) is 32.4 Å². The van der Waals surface area contributed by atoms with Gasteiger partial charge in [-0.3, -0.25) is 9.59 Å². The zero-order valence-corrected chi connectivity index (χ0v) is 9.66. The van der Waals surface area contributed by atoms with Crippen LogP contribution in [0.25, 0.3) is 0 Å². The van der Waals surface area contributed by atoms with Gasteiger partial charge in [0.2, 0.25) is 11.8 Å². The van der Waals surface area contributed by atoms with E-state index in [2.05, 4.69) is 0 Å². The van der Waals surface area contributed by atoms with Crippen molar-refractivity contribution in [3.8, 4) is 0 Å². The Morgan fingerprint density at radius 2 is 2.13 bits per heavy atom. The number of likely N-dealkylation sites (tertiary alicyclic amines) is 1. The number of carbonyl (C=O) groups is 2. The topological polar surface area (TPSA) is 40.6 Å². The molecule has 0 aromatic carbocycles. The number of hydrogen-bond donors (Lipinski definition) is 0. The first-order chi connectivity index (χ1) is 7.11. The summed E-state index contributed by atoms with van der Waals surface area (Å²) in [7, 11) is 3.52. The molecule has 0 aromatic rings. The fraction of sp³-hybridized carbons (Fsp3) is 0.818. The van der Waals surface area contributed by atoms with Crippen molar-refractivity contribution in [3.63, 3.8) is 0 Å². The molecule has 2 amide bonds. The van der Waals surface area contributed by atoms with Crippen molar-refractivity contribution < 1.29 is 9.59 Å². The molecule has 0 unspecified atom stereocenters. The summed E-state index contributed by atoms with van der Waals surface area (Å²) in [6, 6.07) is 0. The van der Waals surface area contributed by atoms with Crippen molar-refractivity contribution in [3.05, 3.63) is 0 Å². The third-order valence-corrected chi connectivity index (χ3v) is 2.74. The van der Waals surface area contributed by atoms with E-state index in [0.29, 0.717) is 12.8 Å². The normalized spacial score (nSPS) is 16.7. The third kappa shape index (κ3) is 3.90. The second-order valence-corrected chi connectivity index (χ2v) is 4.23. The molecule has 0 saturated carbocycles. The molecule has 0 N–H and O–H groups in total. The largest absolute Gasteiger partial charge is 0.349 e. The van der Waals surface area contributed by atoms with Crippen LogP contribution in [-0.2, 0) is 9.59 Å². The summed E-state index contributed by atoms with van der Waals surface area (Å²) >= 11 is 0. The van der Waals surface area contributed by atoms with Crippen molar-refractivity contribution >= 4 is 11.8 Å². The molecule has 1 heterocycles. The van der Waals surface area contributed by atoms with Gasteiger partial charge in [0.15, 0.2) is 0 Å². The minimum Gasteiger partial charge on any atom is -0.349 e. The lowest BCUT2D eigenvalue weighted by atomic mass is 10.1. The van der Waals surface area contributed by atoms with Crippen LogP contribution in [-0.4, -0.2) is 48.8 Å². The van der Waals surface area contributed by atoms with Gasteiger partial charge < -0.3 is 9.80 Å². The van der Waals surface area contributed by atoms with Gasteiger partial charge in [0.25, 0.3) is 0 Å². The zero-order valence-electron chi connectivity index (χ0n) is 9.66. The van der Waals surface area contributed by atoms with Crippen LogP contribution >= 0.6 is 0 Å². The monoisotopic (exact) mass is 212 g/mol. The fourth-order valence-corrected chi connectivity index (χ4v) is 1.74. The van der Waals surface area contributed by atoms with Crippen LogP contribution in [0.1, 0.15) is 32.1 Å². The predicted molar refractivity (Wildman–Crippen MR) is 58.4 cm³/mol. The summed E-state index contributed by atoms with van der Waals surface area (Å²) in [6.07, 6.45) is 4.13. The van der Waals surface area contributed by atoms with Crippen molar-refractivity contribution in [1.29, 1.82) is 0 Å². The number of amides is 2. The molecule has 0 bridgehead atoms. The summed E-state index contributed by atoms with van der Waals surface area (Å²) in [5.74, 6) is 0.387. The maximum atomic E-state index is 11.4. The minimum atomic E-state index is 0.138. The Bertz CT molecular complexity index is 239. The number of nitrogens with zero attached hydrogens (tertiary/aromatic N) is 2. The molecule has 0 radical (unpaired) electrons. The van der Waals surface area contributed by atoms with Crippen molar-refractivity contribution in [2.75, 3.05) is 27.2 Å². The zero-order chi connectivity index (χ0) is 11.3. The fourth-order valence-electron chi connectivity index (χ4n) is 1.74. The van der Waals surface area contributed by atoms with E-state index in [-0.39, 0.29) is 11.8 Å². The molecule has 1 aliphatic heterocycles. The van der Waals surface area contributed by atoms with Crippen LogP contribution in [0.3, 0.4) is 0 Å². The molecule has 0 atom stereocenters. The maximum absolute atomic E-state index is 11.4. The Hall–Kier alpha value is -1.06. The number of carbonyl (C=O) groups excluding carboxylic acids is 2. The Labute approximate surface area is 91.2 Å². The molecule has 0 spiro atoms. The van der Waals surface area contributed by atoms with E-state index in [4.69, 9.17) is 0 Å². The lowest BCUT2D eigenvalue weighted by Crippen LogP contribution is -2.36.